The van der Waals surface area contributed by atoms with Gasteiger partial charge in [0, 0.05) is 39.3 Å². The third-order valence-corrected chi connectivity index (χ3v) is 6.60. The van der Waals surface area contributed by atoms with Gasteiger partial charge in [-0.1, -0.05) is 0 Å². The van der Waals surface area contributed by atoms with Crippen LogP contribution in [0.15, 0.2) is 0 Å². The van der Waals surface area contributed by atoms with E-state index in [1.807, 2.05) is 4.68 Å². The molecule has 10 heteroatoms. The number of nitrogens with zero attached hydrogens (tertiary/aromatic N) is 8. The van der Waals surface area contributed by atoms with Gasteiger partial charge in [-0.25, -0.2) is 9.36 Å². The van der Waals surface area contributed by atoms with Gasteiger partial charge < -0.3 is 9.80 Å². The Morgan fingerprint density at radius 1 is 0.719 bits per heavy atom. The molecule has 10 nitrogen and oxygen atoms in total. The van der Waals surface area contributed by atoms with Gasteiger partial charge in [0.2, 0.25) is 17.7 Å². The molecule has 2 aliphatic heterocycles. The molecule has 4 aliphatic rings. The summed E-state index contributed by atoms with van der Waals surface area (Å²) in [5, 5.41) is 8.69. The summed E-state index contributed by atoms with van der Waals surface area (Å²) >= 11 is 0. The van der Waals surface area contributed by atoms with Crippen molar-refractivity contribution in [3.05, 3.63) is 11.6 Å². The van der Waals surface area contributed by atoms with E-state index in [9.17, 15) is 9.59 Å². The first-order chi connectivity index (χ1) is 15.7. The number of carbonyl (C=O) groups is 2. The monoisotopic (exact) mass is 440 g/mol. The average molecular weight is 441 g/mol. The highest BCUT2D eigenvalue weighted by Crippen LogP contribution is 2.32. The van der Waals surface area contributed by atoms with Crippen LogP contribution in [0, 0.1) is 11.8 Å². The maximum atomic E-state index is 10.9. The van der Waals surface area contributed by atoms with E-state index in [1.54, 1.807) is 4.68 Å². The minimum atomic E-state index is 0.322. The van der Waals surface area contributed by atoms with E-state index in [1.165, 1.54) is 51.4 Å². The van der Waals surface area contributed by atoms with Gasteiger partial charge in [0.15, 0.2) is 18.4 Å². The van der Waals surface area contributed by atoms with Crippen LogP contribution >= 0.6 is 0 Å². The smallest absolute Gasteiger partial charge is 0.245 e. The second-order valence-electron chi connectivity index (χ2n) is 9.41. The van der Waals surface area contributed by atoms with Crippen LogP contribution in [0.25, 0.3) is 0 Å². The fraction of sp³-hybridized carbons (Fsp3) is 0.727. The van der Waals surface area contributed by atoms with Crippen molar-refractivity contribution in [1.29, 1.82) is 0 Å². The molecule has 0 bridgehead atoms. The third-order valence-electron chi connectivity index (χ3n) is 6.60. The summed E-state index contributed by atoms with van der Waals surface area (Å²) in [5.74, 6) is 3.90. The second-order valence-corrected chi connectivity index (χ2v) is 9.41. The van der Waals surface area contributed by atoms with Crippen molar-refractivity contribution in [2.45, 2.75) is 64.5 Å². The molecule has 0 amide bonds. The van der Waals surface area contributed by atoms with Crippen LogP contribution in [-0.4, -0.2) is 68.3 Å². The number of anilines is 2. The van der Waals surface area contributed by atoms with Gasteiger partial charge in [-0.2, -0.15) is 9.97 Å². The molecule has 0 aromatic carbocycles. The van der Waals surface area contributed by atoms with Crippen LogP contribution in [0.2, 0.25) is 0 Å². The fourth-order valence-electron chi connectivity index (χ4n) is 4.38. The van der Waals surface area contributed by atoms with Crippen LogP contribution in [0.1, 0.15) is 72.6 Å². The molecule has 0 radical (unpaired) electrons. The molecule has 4 heterocycles. The Morgan fingerprint density at radius 2 is 1.31 bits per heavy atom. The normalized spacial score (nSPS) is 20.4. The second kappa shape index (κ2) is 9.38. The van der Waals surface area contributed by atoms with Gasteiger partial charge >= 0.3 is 0 Å². The summed E-state index contributed by atoms with van der Waals surface area (Å²) in [7, 11) is 0. The van der Waals surface area contributed by atoms with Gasteiger partial charge in [0.1, 0.15) is 0 Å². The fourth-order valence-corrected chi connectivity index (χ4v) is 4.38. The minimum Gasteiger partial charge on any atom is -0.341 e. The average Bonchev–Trinajstić information content (AvgIpc) is 3.50. The van der Waals surface area contributed by atoms with E-state index in [4.69, 9.17) is 0 Å². The van der Waals surface area contributed by atoms with Crippen LogP contribution in [0.5, 0.6) is 0 Å². The van der Waals surface area contributed by atoms with Crippen molar-refractivity contribution in [3.8, 4) is 0 Å². The van der Waals surface area contributed by atoms with Crippen molar-refractivity contribution in [2.24, 2.45) is 11.8 Å². The highest BCUT2D eigenvalue weighted by atomic mass is 16.1. The van der Waals surface area contributed by atoms with Crippen LogP contribution in [-0.2, 0) is 13.1 Å². The molecule has 4 fully saturated rings. The van der Waals surface area contributed by atoms with E-state index >= 15 is 0 Å². The summed E-state index contributed by atoms with van der Waals surface area (Å²) in [6.45, 7) is 5.91. The highest BCUT2D eigenvalue weighted by Gasteiger charge is 2.27. The Balaban J connectivity index is 0.000000135. The van der Waals surface area contributed by atoms with Gasteiger partial charge in [0.25, 0.3) is 0 Å². The molecule has 2 saturated heterocycles. The highest BCUT2D eigenvalue weighted by molar-refractivity contribution is 5.70. The molecule has 32 heavy (non-hydrogen) atoms. The number of hydrogen-bond donors (Lipinski definition) is 0. The zero-order chi connectivity index (χ0) is 21.9. The zero-order valence-corrected chi connectivity index (χ0v) is 18.6. The van der Waals surface area contributed by atoms with Crippen LogP contribution in [0.4, 0.5) is 11.9 Å². The number of aldehydes is 2. The van der Waals surface area contributed by atoms with Crippen molar-refractivity contribution < 1.29 is 9.59 Å². The van der Waals surface area contributed by atoms with Crippen molar-refractivity contribution in [1.82, 2.24) is 29.5 Å². The van der Waals surface area contributed by atoms with Gasteiger partial charge in [-0.05, 0) is 63.2 Å². The van der Waals surface area contributed by atoms with E-state index in [-0.39, 0.29) is 0 Å². The zero-order valence-electron chi connectivity index (χ0n) is 18.6. The van der Waals surface area contributed by atoms with E-state index in [0.29, 0.717) is 17.6 Å². The molecule has 0 spiro atoms. The molecular formula is C22H32N8O2. The van der Waals surface area contributed by atoms with Crippen molar-refractivity contribution in [3.63, 3.8) is 0 Å². The molecular weight excluding hydrogens is 408 g/mol. The van der Waals surface area contributed by atoms with Crippen molar-refractivity contribution in [2.75, 3.05) is 36.0 Å². The number of rotatable bonds is 8. The minimum absolute atomic E-state index is 0.322. The molecule has 2 aromatic heterocycles. The standard InChI is InChI=1S/2C11H16N4O/c16-8-10-12-11(14-5-1-2-6-14)13-15(10)7-9-3-4-9;16-8-10-12-11(14-5-1-2-6-14)15(13-10)7-9-3-4-9/h2*8-9H,1-7H2. The summed E-state index contributed by atoms with van der Waals surface area (Å²) in [5.41, 5.74) is 0. The van der Waals surface area contributed by atoms with Crippen LogP contribution in [0.3, 0.4) is 0 Å². The first-order valence-corrected chi connectivity index (χ1v) is 12.0. The number of carbonyl (C=O) groups excluding carboxylic acids is 2. The lowest BCUT2D eigenvalue weighted by molar-refractivity contribution is 0.110. The molecule has 0 N–H and O–H groups in total. The molecule has 2 aliphatic carbocycles. The van der Waals surface area contributed by atoms with E-state index in [0.717, 1.165) is 69.7 Å². The maximum absolute atomic E-state index is 10.9. The molecule has 6 rings (SSSR count). The Labute approximate surface area is 188 Å². The SMILES string of the molecule is O=Cc1nc(N2CCCC2)n(CC2CC2)n1.O=Cc1nc(N2CCCC2)nn1CC1CC1. The lowest BCUT2D eigenvalue weighted by Gasteiger charge is -2.16. The Morgan fingerprint density at radius 3 is 1.88 bits per heavy atom. The Bertz CT molecular complexity index is 934. The molecule has 172 valence electrons. The first kappa shape index (κ1) is 21.1. The van der Waals surface area contributed by atoms with E-state index < -0.39 is 0 Å². The maximum Gasteiger partial charge on any atom is 0.245 e. The Kier molecular flexibility index (Phi) is 6.18. The summed E-state index contributed by atoms with van der Waals surface area (Å²) in [6, 6.07) is 0. The van der Waals surface area contributed by atoms with Gasteiger partial charge in [-0.3, -0.25) is 9.59 Å². The third kappa shape index (κ3) is 4.99. The molecule has 0 atom stereocenters. The van der Waals surface area contributed by atoms with Crippen molar-refractivity contribution >= 4 is 24.5 Å². The lowest BCUT2D eigenvalue weighted by atomic mass is 10.4. The quantitative estimate of drug-likeness (QED) is 0.576. The summed E-state index contributed by atoms with van der Waals surface area (Å²) in [4.78, 5) is 34.7. The lowest BCUT2D eigenvalue weighted by Crippen LogP contribution is -2.23. The Hall–Kier alpha value is -2.78. The number of hydrogen-bond acceptors (Lipinski definition) is 8. The molecule has 0 unspecified atom stereocenters. The predicted molar refractivity (Wildman–Crippen MR) is 119 cm³/mol. The summed E-state index contributed by atoms with van der Waals surface area (Å²) in [6.07, 6.45) is 11.5. The molecule has 2 saturated carbocycles. The summed E-state index contributed by atoms with van der Waals surface area (Å²) < 4.78 is 3.70. The van der Waals surface area contributed by atoms with Crippen LogP contribution < -0.4 is 9.80 Å². The molecule has 2 aromatic rings. The van der Waals surface area contributed by atoms with E-state index in [2.05, 4.69) is 30.0 Å². The predicted octanol–water partition coefficient (Wildman–Crippen LogP) is 2.20. The largest absolute Gasteiger partial charge is 0.341 e. The van der Waals surface area contributed by atoms with Gasteiger partial charge in [-0.15, -0.1) is 10.2 Å². The van der Waals surface area contributed by atoms with Gasteiger partial charge in [0.05, 0.1) is 0 Å². The topological polar surface area (TPSA) is 102 Å². The number of aromatic nitrogens is 6. The first-order valence-electron chi connectivity index (χ1n) is 12.0.